The number of hydrogen-bond donors (Lipinski definition) is 0. The van der Waals surface area contributed by atoms with Crippen LogP contribution in [0, 0.1) is 11.8 Å². The molecule has 0 saturated heterocycles. The van der Waals surface area contributed by atoms with Crippen molar-refractivity contribution in [2.45, 2.75) is 33.1 Å². The van der Waals surface area contributed by atoms with Gasteiger partial charge in [0.25, 0.3) is 0 Å². The van der Waals surface area contributed by atoms with Crippen molar-refractivity contribution in [3.63, 3.8) is 0 Å². The van der Waals surface area contributed by atoms with E-state index in [0.717, 1.165) is 5.92 Å². The lowest BCUT2D eigenvalue weighted by atomic mass is 9.92. The molecule has 2 atom stereocenters. The van der Waals surface area contributed by atoms with Gasteiger partial charge in [-0.15, -0.1) is 0 Å². The van der Waals surface area contributed by atoms with Crippen LogP contribution in [0.5, 0.6) is 0 Å². The second kappa shape index (κ2) is 13.7. The molecular weight excluding hydrogens is 458 g/mol. The lowest BCUT2D eigenvalue weighted by molar-refractivity contribution is 0.391. The van der Waals surface area contributed by atoms with Crippen molar-refractivity contribution in [2.24, 2.45) is 11.8 Å². The Morgan fingerprint density at radius 3 is 1.20 bits per heavy atom. The van der Waals surface area contributed by atoms with Crippen molar-refractivity contribution in [2.75, 3.05) is 12.3 Å². The zero-order valence-electron chi connectivity index (χ0n) is 21.1. The van der Waals surface area contributed by atoms with Crippen molar-refractivity contribution >= 4 is 37.1 Å². The molecule has 4 rings (SSSR count). The molecule has 0 nitrogen and oxygen atoms in total. The number of unbranched alkanes of at least 4 members (excludes halogenated alkanes) is 1. The Kier molecular flexibility index (Phi) is 10.1. The zero-order chi connectivity index (χ0) is 24.3. The van der Waals surface area contributed by atoms with E-state index in [0.29, 0.717) is 5.92 Å². The molecule has 35 heavy (non-hydrogen) atoms. The van der Waals surface area contributed by atoms with Crippen LogP contribution < -0.4 is 21.2 Å². The highest BCUT2D eigenvalue weighted by molar-refractivity contribution is 7.73. The molecule has 4 aromatic rings. The molecule has 0 amide bonds. The van der Waals surface area contributed by atoms with E-state index in [1.165, 1.54) is 52.8 Å². The molecule has 0 fully saturated rings. The van der Waals surface area contributed by atoms with Crippen molar-refractivity contribution < 1.29 is 0 Å². The third-order valence-electron chi connectivity index (χ3n) is 6.89. The summed E-state index contributed by atoms with van der Waals surface area (Å²) in [6.45, 7) is 4.87. The number of benzene rings is 4. The van der Waals surface area contributed by atoms with Gasteiger partial charge in [0.05, 0.1) is 0 Å². The van der Waals surface area contributed by atoms with Gasteiger partial charge in [-0.1, -0.05) is 148 Å². The van der Waals surface area contributed by atoms with Crippen LogP contribution in [0.4, 0.5) is 0 Å². The molecule has 2 unspecified atom stereocenters. The molecule has 0 heterocycles. The summed E-state index contributed by atoms with van der Waals surface area (Å²) in [6.07, 6.45) is 6.44. The Balaban J connectivity index is 1.62. The first-order valence-electron chi connectivity index (χ1n) is 13.0. The van der Waals surface area contributed by atoms with Crippen LogP contribution >= 0.6 is 15.8 Å². The number of hydrogen-bond acceptors (Lipinski definition) is 0. The second-order valence-corrected chi connectivity index (χ2v) is 14.0. The van der Waals surface area contributed by atoms with Gasteiger partial charge in [0.15, 0.2) is 0 Å². The predicted octanol–water partition coefficient (Wildman–Crippen LogP) is 7.69. The van der Waals surface area contributed by atoms with E-state index in [9.17, 15) is 0 Å². The minimum atomic E-state index is -0.366. The summed E-state index contributed by atoms with van der Waals surface area (Å²) in [5.41, 5.74) is 0. The van der Waals surface area contributed by atoms with Gasteiger partial charge in [-0.05, 0) is 67.6 Å². The van der Waals surface area contributed by atoms with E-state index in [-0.39, 0.29) is 15.8 Å². The summed E-state index contributed by atoms with van der Waals surface area (Å²) in [7, 11) is -0.730. The largest absolute Gasteiger partial charge is 0.0654 e. The predicted molar refractivity (Wildman–Crippen MR) is 160 cm³/mol. The summed E-state index contributed by atoms with van der Waals surface area (Å²) >= 11 is 0. The Hall–Kier alpha value is -2.26. The van der Waals surface area contributed by atoms with Crippen LogP contribution in [-0.4, -0.2) is 12.3 Å². The highest BCUT2D eigenvalue weighted by atomic mass is 31.1. The van der Waals surface area contributed by atoms with E-state index >= 15 is 0 Å². The van der Waals surface area contributed by atoms with Gasteiger partial charge < -0.3 is 0 Å². The summed E-state index contributed by atoms with van der Waals surface area (Å²) < 4.78 is 0. The van der Waals surface area contributed by atoms with Crippen LogP contribution in [0.2, 0.25) is 0 Å². The lowest BCUT2D eigenvalue weighted by Gasteiger charge is -2.32. The van der Waals surface area contributed by atoms with E-state index in [4.69, 9.17) is 0 Å². The summed E-state index contributed by atoms with van der Waals surface area (Å²) in [5, 5.41) is 6.03. The molecule has 0 spiro atoms. The topological polar surface area (TPSA) is 0 Å². The molecule has 0 N–H and O–H groups in total. The highest BCUT2D eigenvalue weighted by Gasteiger charge is 2.27. The van der Waals surface area contributed by atoms with Gasteiger partial charge >= 0.3 is 0 Å². The number of rotatable bonds is 12. The molecule has 0 saturated carbocycles. The normalized spacial score (nSPS) is 13.1. The van der Waals surface area contributed by atoms with Gasteiger partial charge in [0.2, 0.25) is 0 Å². The zero-order valence-corrected chi connectivity index (χ0v) is 22.9. The third kappa shape index (κ3) is 7.36. The van der Waals surface area contributed by atoms with E-state index in [2.05, 4.69) is 135 Å². The molecular formula is C33H38P2. The standard InChI is InChI=1S/C33H38P2/c1-3-4-17-29(27-35(32-22-13-7-14-23-32)33-24-15-8-16-25-33)28(2)26-34(30-18-9-5-10-19-30)31-20-11-6-12-21-31/h5-16,18-25,28-29H,3-4,17,26-27H2,1-2H3. The van der Waals surface area contributed by atoms with Gasteiger partial charge in [0, 0.05) is 0 Å². The average Bonchev–Trinajstić information content (AvgIpc) is 2.93. The van der Waals surface area contributed by atoms with Crippen LogP contribution in [0.15, 0.2) is 121 Å². The maximum Gasteiger partial charge on any atom is -0.0195 e. The molecule has 4 aromatic carbocycles. The Labute approximate surface area is 215 Å². The molecule has 0 radical (unpaired) electrons. The van der Waals surface area contributed by atoms with Crippen molar-refractivity contribution in [3.05, 3.63) is 121 Å². The Bertz CT molecular complexity index is 1020. The van der Waals surface area contributed by atoms with E-state index in [1.54, 1.807) is 0 Å². The molecule has 0 aliphatic heterocycles. The fourth-order valence-corrected chi connectivity index (χ4v) is 10.3. The first kappa shape index (κ1) is 25.8. The van der Waals surface area contributed by atoms with Gasteiger partial charge in [-0.2, -0.15) is 0 Å². The van der Waals surface area contributed by atoms with Crippen LogP contribution in [0.1, 0.15) is 33.1 Å². The summed E-state index contributed by atoms with van der Waals surface area (Å²) in [6, 6.07) is 45.0. The van der Waals surface area contributed by atoms with Gasteiger partial charge in [0.1, 0.15) is 0 Å². The SMILES string of the molecule is CCCCC(CP(c1ccccc1)c1ccccc1)C(C)CP(c1ccccc1)c1ccccc1. The third-order valence-corrected chi connectivity index (χ3v) is 12.4. The summed E-state index contributed by atoms with van der Waals surface area (Å²) in [5.74, 6) is 1.39. The van der Waals surface area contributed by atoms with Crippen LogP contribution in [0.3, 0.4) is 0 Å². The van der Waals surface area contributed by atoms with Gasteiger partial charge in [-0.3, -0.25) is 0 Å². The molecule has 0 aliphatic carbocycles. The smallest absolute Gasteiger partial charge is 0.0195 e. The monoisotopic (exact) mass is 496 g/mol. The second-order valence-electron chi connectivity index (χ2n) is 9.44. The minimum absolute atomic E-state index is 0.364. The average molecular weight is 497 g/mol. The molecule has 0 aliphatic rings. The maximum atomic E-state index is 2.53. The van der Waals surface area contributed by atoms with Crippen molar-refractivity contribution in [1.29, 1.82) is 0 Å². The summed E-state index contributed by atoms with van der Waals surface area (Å²) in [4.78, 5) is 0. The van der Waals surface area contributed by atoms with E-state index < -0.39 is 0 Å². The van der Waals surface area contributed by atoms with Crippen molar-refractivity contribution in [3.8, 4) is 0 Å². The molecule has 0 bridgehead atoms. The molecule has 180 valence electrons. The van der Waals surface area contributed by atoms with Gasteiger partial charge in [-0.25, -0.2) is 0 Å². The molecule has 0 aromatic heterocycles. The quantitative estimate of drug-likeness (QED) is 0.176. The fourth-order valence-electron chi connectivity index (χ4n) is 4.85. The first-order valence-corrected chi connectivity index (χ1v) is 16.1. The first-order chi connectivity index (χ1) is 17.3. The molecule has 2 heteroatoms. The Morgan fingerprint density at radius 1 is 0.514 bits per heavy atom. The Morgan fingerprint density at radius 2 is 0.857 bits per heavy atom. The van der Waals surface area contributed by atoms with Crippen LogP contribution in [-0.2, 0) is 0 Å². The lowest BCUT2D eigenvalue weighted by Crippen LogP contribution is -2.26. The maximum absolute atomic E-state index is 2.53. The fraction of sp³-hybridized carbons (Fsp3) is 0.273. The highest BCUT2D eigenvalue weighted by Crippen LogP contribution is 2.43. The van der Waals surface area contributed by atoms with Crippen LogP contribution in [0.25, 0.3) is 0 Å². The van der Waals surface area contributed by atoms with Crippen molar-refractivity contribution in [1.82, 2.24) is 0 Å². The van der Waals surface area contributed by atoms with E-state index in [1.807, 2.05) is 0 Å². The minimum Gasteiger partial charge on any atom is -0.0654 e.